The third-order valence-electron chi connectivity index (χ3n) is 3.30. The van der Waals surface area contributed by atoms with E-state index in [4.69, 9.17) is 11.6 Å². The first-order valence-electron chi connectivity index (χ1n) is 6.41. The van der Waals surface area contributed by atoms with Crippen molar-refractivity contribution in [3.63, 3.8) is 0 Å². The molecule has 3 rings (SSSR count). The van der Waals surface area contributed by atoms with Crippen LogP contribution in [0.2, 0.25) is 5.02 Å². The molecule has 0 aliphatic carbocycles. The van der Waals surface area contributed by atoms with Gasteiger partial charge in [0.25, 0.3) is 0 Å². The molecule has 0 bridgehead atoms. The van der Waals surface area contributed by atoms with Crippen molar-refractivity contribution in [2.75, 3.05) is 7.05 Å². The van der Waals surface area contributed by atoms with E-state index in [1.54, 1.807) is 12.4 Å². The minimum absolute atomic E-state index is 0.0834. The fourth-order valence-electron chi connectivity index (χ4n) is 2.37. The van der Waals surface area contributed by atoms with Gasteiger partial charge in [0, 0.05) is 17.4 Å². The highest BCUT2D eigenvalue weighted by molar-refractivity contribution is 6.30. The lowest BCUT2D eigenvalue weighted by Crippen LogP contribution is -2.17. The van der Waals surface area contributed by atoms with Gasteiger partial charge < -0.3 is 5.32 Å². The molecule has 1 heterocycles. The fraction of sp³-hybridized carbons (Fsp3) is 0.125. The maximum Gasteiger partial charge on any atom is 0.0890 e. The molecule has 4 heteroatoms. The molecule has 0 aliphatic heterocycles. The molecule has 0 spiro atoms. The molecule has 1 unspecified atom stereocenters. The molecule has 0 fully saturated rings. The van der Waals surface area contributed by atoms with Crippen molar-refractivity contribution in [2.24, 2.45) is 0 Å². The average molecular weight is 284 g/mol. The number of benzene rings is 2. The molecule has 1 atom stereocenters. The molecule has 2 aromatic carbocycles. The SMILES string of the molecule is CNC(c1cccc(Cl)c1)c1ccc2nccnc2c1. The number of fused-ring (bicyclic) bond motifs is 1. The van der Waals surface area contributed by atoms with E-state index in [2.05, 4.69) is 33.5 Å². The molecule has 0 saturated carbocycles. The Balaban J connectivity index is 2.07. The predicted octanol–water partition coefficient (Wildman–Crippen LogP) is 3.59. The van der Waals surface area contributed by atoms with Crippen LogP contribution in [0.1, 0.15) is 17.2 Å². The number of aromatic nitrogens is 2. The summed E-state index contributed by atoms with van der Waals surface area (Å²) in [6, 6.07) is 14.1. The van der Waals surface area contributed by atoms with Crippen LogP contribution >= 0.6 is 11.6 Å². The maximum atomic E-state index is 6.08. The predicted molar refractivity (Wildman–Crippen MR) is 81.9 cm³/mol. The minimum Gasteiger partial charge on any atom is -0.309 e. The summed E-state index contributed by atoms with van der Waals surface area (Å²) in [6.45, 7) is 0. The van der Waals surface area contributed by atoms with Crippen molar-refractivity contribution in [1.82, 2.24) is 15.3 Å². The lowest BCUT2D eigenvalue weighted by molar-refractivity contribution is 0.692. The van der Waals surface area contributed by atoms with E-state index in [-0.39, 0.29) is 6.04 Å². The van der Waals surface area contributed by atoms with Crippen LogP contribution < -0.4 is 5.32 Å². The zero-order valence-electron chi connectivity index (χ0n) is 11.0. The Morgan fingerprint density at radius 1 is 0.950 bits per heavy atom. The monoisotopic (exact) mass is 283 g/mol. The molecular weight excluding hydrogens is 270 g/mol. The Morgan fingerprint density at radius 3 is 2.45 bits per heavy atom. The third-order valence-corrected chi connectivity index (χ3v) is 3.53. The molecule has 1 aromatic heterocycles. The van der Waals surface area contributed by atoms with Crippen LogP contribution in [0.25, 0.3) is 11.0 Å². The van der Waals surface area contributed by atoms with Crippen molar-refractivity contribution in [3.05, 3.63) is 71.0 Å². The van der Waals surface area contributed by atoms with Gasteiger partial charge in [-0.05, 0) is 42.4 Å². The first-order chi connectivity index (χ1) is 9.78. The number of nitrogens with zero attached hydrogens (tertiary/aromatic N) is 2. The lowest BCUT2D eigenvalue weighted by atomic mass is 9.98. The Hall–Kier alpha value is -1.97. The topological polar surface area (TPSA) is 37.8 Å². The van der Waals surface area contributed by atoms with Gasteiger partial charge in [0.15, 0.2) is 0 Å². The number of hydrogen-bond donors (Lipinski definition) is 1. The van der Waals surface area contributed by atoms with Crippen LogP contribution in [0.15, 0.2) is 54.9 Å². The molecule has 0 aliphatic rings. The van der Waals surface area contributed by atoms with Gasteiger partial charge in [-0.1, -0.05) is 29.8 Å². The summed E-state index contributed by atoms with van der Waals surface area (Å²) in [5.41, 5.74) is 4.07. The largest absolute Gasteiger partial charge is 0.309 e. The number of rotatable bonds is 3. The third kappa shape index (κ3) is 2.50. The highest BCUT2D eigenvalue weighted by atomic mass is 35.5. The molecule has 100 valence electrons. The summed E-state index contributed by atoms with van der Waals surface area (Å²) < 4.78 is 0. The first kappa shape index (κ1) is 13.0. The summed E-state index contributed by atoms with van der Waals surface area (Å²) >= 11 is 6.08. The highest BCUT2D eigenvalue weighted by Gasteiger charge is 2.13. The molecule has 0 radical (unpaired) electrons. The van der Waals surface area contributed by atoms with Gasteiger partial charge in [-0.15, -0.1) is 0 Å². The van der Waals surface area contributed by atoms with Crippen LogP contribution in [0.4, 0.5) is 0 Å². The molecule has 3 aromatic rings. The summed E-state index contributed by atoms with van der Waals surface area (Å²) in [5, 5.41) is 4.06. The Kier molecular flexibility index (Phi) is 3.63. The van der Waals surface area contributed by atoms with Crippen molar-refractivity contribution < 1.29 is 0 Å². The fourth-order valence-corrected chi connectivity index (χ4v) is 2.57. The number of nitrogens with one attached hydrogen (secondary N) is 1. The van der Waals surface area contributed by atoms with E-state index in [1.165, 1.54) is 0 Å². The van der Waals surface area contributed by atoms with Crippen LogP contribution in [-0.4, -0.2) is 17.0 Å². The standard InChI is InChI=1S/C16H14ClN3/c1-18-16(11-3-2-4-13(17)9-11)12-5-6-14-15(10-12)20-8-7-19-14/h2-10,16,18H,1H3. The molecular formula is C16H14ClN3. The molecule has 20 heavy (non-hydrogen) atoms. The second-order valence-corrected chi connectivity index (χ2v) is 5.02. The van der Waals surface area contributed by atoms with Crippen molar-refractivity contribution in [1.29, 1.82) is 0 Å². The molecule has 1 N–H and O–H groups in total. The number of hydrogen-bond acceptors (Lipinski definition) is 3. The van der Waals surface area contributed by atoms with Crippen LogP contribution in [0, 0.1) is 0 Å². The Bertz CT molecular complexity index is 742. The minimum atomic E-state index is 0.0834. The normalized spacial score (nSPS) is 12.5. The summed E-state index contributed by atoms with van der Waals surface area (Å²) in [4.78, 5) is 8.64. The molecule has 0 saturated heterocycles. The van der Waals surface area contributed by atoms with Crippen molar-refractivity contribution >= 4 is 22.6 Å². The smallest absolute Gasteiger partial charge is 0.0890 e. The van der Waals surface area contributed by atoms with Gasteiger partial charge in [-0.2, -0.15) is 0 Å². The zero-order valence-corrected chi connectivity index (χ0v) is 11.8. The zero-order chi connectivity index (χ0) is 13.9. The second kappa shape index (κ2) is 5.57. The maximum absolute atomic E-state index is 6.08. The summed E-state index contributed by atoms with van der Waals surface area (Å²) in [7, 11) is 1.94. The summed E-state index contributed by atoms with van der Waals surface area (Å²) in [6.07, 6.45) is 3.41. The quantitative estimate of drug-likeness (QED) is 0.798. The van der Waals surface area contributed by atoms with Crippen LogP contribution in [-0.2, 0) is 0 Å². The van der Waals surface area contributed by atoms with E-state index in [0.29, 0.717) is 0 Å². The second-order valence-electron chi connectivity index (χ2n) is 4.58. The van der Waals surface area contributed by atoms with E-state index in [0.717, 1.165) is 27.2 Å². The average Bonchev–Trinajstić information content (AvgIpc) is 2.48. The lowest BCUT2D eigenvalue weighted by Gasteiger charge is -2.17. The first-order valence-corrected chi connectivity index (χ1v) is 6.79. The van der Waals surface area contributed by atoms with Gasteiger partial charge in [-0.25, -0.2) is 0 Å². The van der Waals surface area contributed by atoms with Crippen molar-refractivity contribution in [2.45, 2.75) is 6.04 Å². The number of halogens is 1. The van der Waals surface area contributed by atoms with Gasteiger partial charge in [0.1, 0.15) is 0 Å². The van der Waals surface area contributed by atoms with E-state index >= 15 is 0 Å². The molecule has 0 amide bonds. The van der Waals surface area contributed by atoms with Gasteiger partial charge in [0.05, 0.1) is 17.1 Å². The van der Waals surface area contributed by atoms with E-state index < -0.39 is 0 Å². The van der Waals surface area contributed by atoms with Gasteiger partial charge in [-0.3, -0.25) is 9.97 Å². The van der Waals surface area contributed by atoms with E-state index in [1.807, 2.05) is 31.3 Å². The van der Waals surface area contributed by atoms with Crippen LogP contribution in [0.3, 0.4) is 0 Å². The highest BCUT2D eigenvalue weighted by Crippen LogP contribution is 2.25. The molecule has 3 nitrogen and oxygen atoms in total. The van der Waals surface area contributed by atoms with E-state index in [9.17, 15) is 0 Å². The van der Waals surface area contributed by atoms with Crippen LogP contribution in [0.5, 0.6) is 0 Å². The Morgan fingerprint density at radius 2 is 1.70 bits per heavy atom. The van der Waals surface area contributed by atoms with Crippen molar-refractivity contribution in [3.8, 4) is 0 Å². The van der Waals surface area contributed by atoms with Gasteiger partial charge in [0.2, 0.25) is 0 Å². The summed E-state index contributed by atoms with van der Waals surface area (Å²) in [5.74, 6) is 0. The van der Waals surface area contributed by atoms with Gasteiger partial charge >= 0.3 is 0 Å². The Labute approximate surface area is 122 Å².